The number of hydrogen-bond donors (Lipinski definition) is 2. The number of amidine groups is 1. The van der Waals surface area contributed by atoms with Gasteiger partial charge in [-0.1, -0.05) is 24.3 Å². The van der Waals surface area contributed by atoms with Crippen molar-refractivity contribution in [2.45, 2.75) is 19.3 Å². The topological polar surface area (TPSA) is 78.3 Å². The molecule has 4 rings (SSSR count). The average molecular weight is 428 g/mol. The SMILES string of the molecule is CNc1cccc(CCNc2cccc(CCN(C3=NCCC=C3)c3ccccn3)n2)n1. The molecule has 164 valence electrons. The quantitative estimate of drug-likeness (QED) is 0.538. The highest BCUT2D eigenvalue weighted by molar-refractivity contribution is 6.05. The van der Waals surface area contributed by atoms with Crippen LogP contribution in [0.5, 0.6) is 0 Å². The molecule has 0 aliphatic carbocycles. The van der Waals surface area contributed by atoms with Crippen LogP contribution in [0.1, 0.15) is 17.8 Å². The number of nitrogens with one attached hydrogen (secondary N) is 2. The molecule has 1 aliphatic heterocycles. The van der Waals surface area contributed by atoms with Gasteiger partial charge in [0.05, 0.1) is 0 Å². The summed E-state index contributed by atoms with van der Waals surface area (Å²) in [6, 6.07) is 18.1. The Morgan fingerprint density at radius 1 is 0.906 bits per heavy atom. The number of dihydropyridines is 1. The summed E-state index contributed by atoms with van der Waals surface area (Å²) in [7, 11) is 1.88. The summed E-state index contributed by atoms with van der Waals surface area (Å²) in [6.45, 7) is 2.36. The Labute approximate surface area is 189 Å². The lowest BCUT2D eigenvalue weighted by Crippen LogP contribution is -2.33. The first kappa shape index (κ1) is 21.5. The second-order valence-corrected chi connectivity index (χ2v) is 7.48. The summed E-state index contributed by atoms with van der Waals surface area (Å²) in [5.41, 5.74) is 2.08. The lowest BCUT2D eigenvalue weighted by Gasteiger charge is -2.25. The molecule has 0 fully saturated rings. The highest BCUT2D eigenvalue weighted by atomic mass is 15.2. The van der Waals surface area contributed by atoms with Crippen LogP contribution in [0, 0.1) is 0 Å². The number of nitrogens with zero attached hydrogens (tertiary/aromatic N) is 5. The standard InChI is InChI=1S/C25H29N7/c1-26-22-10-6-8-20(30-22)14-18-27-23-11-7-9-21(31-23)15-19-32(24-12-2-4-16-28-24)25-13-3-5-17-29-25/h2-4,6-13,16H,5,14-15,17-19H2,1H3,(H,26,30)(H,27,31). The highest BCUT2D eigenvalue weighted by Gasteiger charge is 2.14. The monoisotopic (exact) mass is 427 g/mol. The molecule has 0 radical (unpaired) electrons. The van der Waals surface area contributed by atoms with Crippen molar-refractivity contribution < 1.29 is 0 Å². The van der Waals surface area contributed by atoms with E-state index in [1.165, 1.54) is 0 Å². The minimum atomic E-state index is 0.761. The molecule has 0 atom stereocenters. The van der Waals surface area contributed by atoms with Gasteiger partial charge in [-0.25, -0.2) is 15.0 Å². The molecule has 0 unspecified atom stereocenters. The summed E-state index contributed by atoms with van der Waals surface area (Å²) in [4.78, 5) is 20.8. The third kappa shape index (κ3) is 5.91. The second-order valence-electron chi connectivity index (χ2n) is 7.48. The van der Waals surface area contributed by atoms with E-state index >= 15 is 0 Å². The van der Waals surface area contributed by atoms with E-state index in [1.807, 2.05) is 61.8 Å². The van der Waals surface area contributed by atoms with Crippen molar-refractivity contribution in [1.29, 1.82) is 0 Å². The molecule has 3 aromatic heterocycles. The minimum Gasteiger partial charge on any atom is -0.373 e. The third-order valence-corrected chi connectivity index (χ3v) is 5.19. The highest BCUT2D eigenvalue weighted by Crippen LogP contribution is 2.15. The molecule has 0 saturated carbocycles. The van der Waals surface area contributed by atoms with Crippen molar-refractivity contribution in [1.82, 2.24) is 15.0 Å². The van der Waals surface area contributed by atoms with E-state index in [4.69, 9.17) is 9.98 Å². The zero-order valence-electron chi connectivity index (χ0n) is 18.4. The third-order valence-electron chi connectivity index (χ3n) is 5.19. The minimum absolute atomic E-state index is 0.761. The zero-order chi connectivity index (χ0) is 22.0. The molecule has 0 bridgehead atoms. The van der Waals surface area contributed by atoms with Crippen LogP contribution in [0.4, 0.5) is 17.5 Å². The van der Waals surface area contributed by atoms with Gasteiger partial charge in [-0.2, -0.15) is 0 Å². The van der Waals surface area contributed by atoms with Gasteiger partial charge in [0.1, 0.15) is 23.3 Å². The summed E-state index contributed by atoms with van der Waals surface area (Å²) >= 11 is 0. The van der Waals surface area contributed by atoms with Gasteiger partial charge in [0.15, 0.2) is 0 Å². The Morgan fingerprint density at radius 3 is 2.47 bits per heavy atom. The average Bonchev–Trinajstić information content (AvgIpc) is 2.86. The van der Waals surface area contributed by atoms with Gasteiger partial charge in [0.2, 0.25) is 0 Å². The maximum atomic E-state index is 4.80. The Kier molecular flexibility index (Phi) is 7.42. The van der Waals surface area contributed by atoms with Crippen LogP contribution in [0.15, 0.2) is 77.9 Å². The summed E-state index contributed by atoms with van der Waals surface area (Å²) < 4.78 is 0. The van der Waals surface area contributed by atoms with Crippen molar-refractivity contribution in [3.8, 4) is 0 Å². The van der Waals surface area contributed by atoms with Gasteiger partial charge in [-0.3, -0.25) is 4.99 Å². The molecular weight excluding hydrogens is 398 g/mol. The second kappa shape index (κ2) is 11.0. The molecule has 0 amide bonds. The van der Waals surface area contributed by atoms with E-state index in [0.29, 0.717) is 0 Å². The fraction of sp³-hybridized carbons (Fsp3) is 0.280. The maximum Gasteiger partial charge on any atom is 0.134 e. The summed E-state index contributed by atoms with van der Waals surface area (Å²) in [6.07, 6.45) is 8.69. The van der Waals surface area contributed by atoms with Gasteiger partial charge in [-0.15, -0.1) is 0 Å². The van der Waals surface area contributed by atoms with Crippen LogP contribution in [-0.2, 0) is 12.8 Å². The van der Waals surface area contributed by atoms with Gasteiger partial charge in [-0.05, 0) is 48.9 Å². The molecule has 7 nitrogen and oxygen atoms in total. The van der Waals surface area contributed by atoms with E-state index < -0.39 is 0 Å². The molecule has 0 spiro atoms. The first-order chi connectivity index (χ1) is 15.8. The van der Waals surface area contributed by atoms with Crippen molar-refractivity contribution in [3.05, 3.63) is 84.3 Å². The smallest absolute Gasteiger partial charge is 0.134 e. The van der Waals surface area contributed by atoms with Crippen LogP contribution < -0.4 is 15.5 Å². The first-order valence-corrected chi connectivity index (χ1v) is 11.0. The predicted molar refractivity (Wildman–Crippen MR) is 132 cm³/mol. The zero-order valence-corrected chi connectivity index (χ0v) is 18.4. The van der Waals surface area contributed by atoms with E-state index in [-0.39, 0.29) is 0 Å². The molecule has 1 aliphatic rings. The summed E-state index contributed by atoms with van der Waals surface area (Å²) in [5, 5.41) is 6.50. The van der Waals surface area contributed by atoms with E-state index in [2.05, 4.69) is 43.7 Å². The Bertz CT molecular complexity index is 1060. The number of aliphatic imine (C=N–C) groups is 1. The largest absolute Gasteiger partial charge is 0.373 e. The molecule has 32 heavy (non-hydrogen) atoms. The van der Waals surface area contributed by atoms with Crippen LogP contribution >= 0.6 is 0 Å². The van der Waals surface area contributed by atoms with Crippen LogP contribution in [0.2, 0.25) is 0 Å². The van der Waals surface area contributed by atoms with E-state index in [9.17, 15) is 0 Å². The first-order valence-electron chi connectivity index (χ1n) is 11.0. The van der Waals surface area contributed by atoms with Gasteiger partial charge < -0.3 is 15.5 Å². The molecular formula is C25H29N7. The number of aromatic nitrogens is 3. The van der Waals surface area contributed by atoms with Crippen LogP contribution in [0.3, 0.4) is 0 Å². The molecule has 0 saturated heterocycles. The van der Waals surface area contributed by atoms with Gasteiger partial charge in [0, 0.05) is 57.1 Å². The Morgan fingerprint density at radius 2 is 1.72 bits per heavy atom. The predicted octanol–water partition coefficient (Wildman–Crippen LogP) is 3.98. The lowest BCUT2D eigenvalue weighted by atomic mass is 10.2. The molecule has 0 aromatic carbocycles. The van der Waals surface area contributed by atoms with Crippen LogP contribution in [0.25, 0.3) is 0 Å². The Balaban J connectivity index is 1.37. The van der Waals surface area contributed by atoms with Gasteiger partial charge >= 0.3 is 0 Å². The fourth-order valence-electron chi connectivity index (χ4n) is 3.55. The van der Waals surface area contributed by atoms with Crippen molar-refractivity contribution in [3.63, 3.8) is 0 Å². The van der Waals surface area contributed by atoms with Crippen molar-refractivity contribution in [2.24, 2.45) is 4.99 Å². The molecule has 7 heteroatoms. The lowest BCUT2D eigenvalue weighted by molar-refractivity contribution is 0.871. The molecule has 2 N–H and O–H groups in total. The molecule has 4 heterocycles. The number of hydrogen-bond acceptors (Lipinski definition) is 7. The fourth-order valence-corrected chi connectivity index (χ4v) is 3.55. The number of anilines is 3. The van der Waals surface area contributed by atoms with Crippen molar-refractivity contribution >= 4 is 23.3 Å². The Hall–Kier alpha value is -3.74. The van der Waals surface area contributed by atoms with E-state index in [1.54, 1.807) is 0 Å². The number of rotatable bonds is 9. The number of pyridine rings is 3. The van der Waals surface area contributed by atoms with E-state index in [0.717, 1.165) is 73.6 Å². The molecule has 3 aromatic rings. The van der Waals surface area contributed by atoms with Crippen molar-refractivity contribution in [2.75, 3.05) is 42.2 Å². The maximum absolute atomic E-state index is 4.80. The summed E-state index contributed by atoms with van der Waals surface area (Å²) in [5.74, 6) is 3.63. The van der Waals surface area contributed by atoms with Crippen LogP contribution in [-0.4, -0.2) is 47.5 Å². The normalized spacial score (nSPS) is 12.8. The van der Waals surface area contributed by atoms with Gasteiger partial charge in [0.25, 0.3) is 0 Å².